The Labute approximate surface area is 410 Å². The quantitative estimate of drug-likeness (QED) is 0.0121. The summed E-state index contributed by atoms with van der Waals surface area (Å²) in [6, 6.07) is 20.4. The van der Waals surface area contributed by atoms with Crippen LogP contribution < -0.4 is 41.9 Å². The minimum Gasteiger partial charge on any atom is -0.481 e. The maximum absolute atomic E-state index is 13.8. The van der Waals surface area contributed by atoms with Crippen LogP contribution in [-0.2, 0) is 57.4 Å². The van der Waals surface area contributed by atoms with E-state index in [4.69, 9.17) is 37.1 Å². The van der Waals surface area contributed by atoms with Crippen molar-refractivity contribution in [3.05, 3.63) is 119 Å². The van der Waals surface area contributed by atoms with Gasteiger partial charge in [0.1, 0.15) is 23.1 Å². The fourth-order valence-corrected chi connectivity index (χ4v) is 9.71. The van der Waals surface area contributed by atoms with E-state index < -0.39 is 126 Å². The summed E-state index contributed by atoms with van der Waals surface area (Å²) in [4.78, 5) is 81.5. The molecular weight excluding hydrogens is 993 g/mol. The Hall–Kier alpha value is -8.06. The van der Waals surface area contributed by atoms with Gasteiger partial charge in [0.05, 0.1) is 48.1 Å². The molecule has 72 heavy (non-hydrogen) atoms. The van der Waals surface area contributed by atoms with Crippen molar-refractivity contribution in [3.8, 4) is 11.5 Å². The van der Waals surface area contributed by atoms with Crippen LogP contribution in [-0.4, -0.2) is 131 Å². The molecule has 0 bridgehead atoms. The van der Waals surface area contributed by atoms with Crippen LogP contribution in [0.5, 0.6) is 11.5 Å². The number of rotatable bonds is 27. The Morgan fingerprint density at radius 1 is 0.639 bits per heavy atom. The zero-order valence-electron chi connectivity index (χ0n) is 37.6. The number of carbonyl (C=O) groups excluding carboxylic acids is 2. The maximum Gasteiger partial charge on any atom is 0.343 e. The first kappa shape index (κ1) is 54.9. The average molecular weight is 1040 g/mol. The molecule has 1 fully saturated rings. The number of ether oxygens (including phenoxy) is 3. The predicted octanol–water partition coefficient (Wildman–Crippen LogP) is -0.220. The molecule has 0 saturated heterocycles. The summed E-state index contributed by atoms with van der Waals surface area (Å²) in [6.07, 6.45) is -1.83. The zero-order valence-corrected chi connectivity index (χ0v) is 39.2. The lowest BCUT2D eigenvalue weighted by Gasteiger charge is -2.29. The summed E-state index contributed by atoms with van der Waals surface area (Å²) < 4.78 is 76.1. The Bertz CT molecular complexity index is 2930. The number of nitrogens with two attached hydrogens (primary N) is 4. The highest BCUT2D eigenvalue weighted by Crippen LogP contribution is 2.50. The molecule has 14 N–H and O–H groups in total. The Kier molecular flexibility index (Phi) is 18.1. The number of nitrogens with zero attached hydrogens (tertiary/aromatic N) is 4. The summed E-state index contributed by atoms with van der Waals surface area (Å²) >= 11 is 0. The summed E-state index contributed by atoms with van der Waals surface area (Å²) in [7, 11) is -9.74. The molecule has 4 aromatic rings. The fraction of sp³-hybridized carbons (Fsp3) is 0.256. The minimum absolute atomic E-state index is 0.0703. The Balaban J connectivity index is 1.22. The van der Waals surface area contributed by atoms with Gasteiger partial charge in [0.2, 0.25) is 0 Å². The molecule has 5 rings (SSSR count). The summed E-state index contributed by atoms with van der Waals surface area (Å²) in [5.41, 5.74) is 20.6. The lowest BCUT2D eigenvalue weighted by atomic mass is 10.2. The Morgan fingerprint density at radius 2 is 1.07 bits per heavy atom. The van der Waals surface area contributed by atoms with E-state index in [-0.39, 0.29) is 45.7 Å². The number of carboxylic acids is 4. The number of benzene rings is 4. The van der Waals surface area contributed by atoms with Crippen LogP contribution in [0.1, 0.15) is 44.7 Å². The highest BCUT2D eigenvalue weighted by atomic mass is 32.2. The van der Waals surface area contributed by atoms with Crippen molar-refractivity contribution >= 4 is 79.5 Å². The normalized spacial score (nSPS) is 15.7. The van der Waals surface area contributed by atoms with E-state index in [0.717, 1.165) is 0 Å². The second kappa shape index (κ2) is 23.7. The van der Waals surface area contributed by atoms with Gasteiger partial charge >= 0.3 is 35.8 Å². The summed E-state index contributed by atoms with van der Waals surface area (Å²) in [5, 5.41) is 39.2. The second-order valence-electron chi connectivity index (χ2n) is 15.5. The Morgan fingerprint density at radius 3 is 1.44 bits per heavy atom. The lowest BCUT2D eigenvalue weighted by molar-refractivity contribution is -0.149. The first-order valence-corrected chi connectivity index (χ1v) is 23.8. The summed E-state index contributed by atoms with van der Waals surface area (Å²) in [5.74, 6) is -10.3. The van der Waals surface area contributed by atoms with Crippen molar-refractivity contribution in [2.75, 3.05) is 26.3 Å². The molecule has 1 aliphatic carbocycles. The second-order valence-corrected chi connectivity index (χ2v) is 18.8. The number of aliphatic imine (C=N–C) groups is 2. The van der Waals surface area contributed by atoms with Gasteiger partial charge in [-0.2, -0.15) is 34.9 Å². The molecule has 27 nitrogen and oxygen atoms in total. The lowest BCUT2D eigenvalue weighted by Crippen LogP contribution is -2.54. The number of esters is 2. The monoisotopic (exact) mass is 1040 g/mol. The molecule has 1 aliphatic rings. The number of carboxylic acid groups (broad SMARTS) is 4. The standard InChI is InChI=1S/C43H48N10O17S2/c44-41(45)50-29-9-5-27(6-10-29)38(60)69-31-13-1-25(2-14-31)23-48-71(64,65)52(34(37(58)59)21-35(54)55)17-19-68-20-18-53(43(40(62)63)22-33(43)36(56)57)72(66,67)49-24-26-3-15-32(16-4-26)70-39(61)28-7-11-30(12-8-28)51-42(46)47/h1-16,33-34,48-49H,17-24H2,(H,54,55)(H,56,57)(H,58,59)(H,62,63)(H4,44,45,50)(H4,46,47,51)/t33?,34-,43+/m0/s1. The van der Waals surface area contributed by atoms with Crippen molar-refractivity contribution in [2.45, 2.75) is 37.5 Å². The molecule has 1 unspecified atom stereocenters. The number of guanidine groups is 2. The van der Waals surface area contributed by atoms with Gasteiger partial charge in [-0.05, 0) is 90.3 Å². The maximum atomic E-state index is 13.8. The van der Waals surface area contributed by atoms with Crippen molar-refractivity contribution in [1.29, 1.82) is 0 Å². The SMILES string of the molecule is NC(N)=Nc1ccc(C(=O)Oc2ccc(CNS(=O)(=O)N(CCOCCN([C@]3(C(=O)O)CC3C(=O)O)S(=O)(=O)NCc3ccc(OC(=O)c4ccc(N=C(N)N)cc4)cc3)[C@@H](CC(=O)O)C(=O)O)cc2)cc1. The van der Waals surface area contributed by atoms with E-state index in [0.29, 0.717) is 20.0 Å². The van der Waals surface area contributed by atoms with Gasteiger partial charge in [-0.1, -0.05) is 24.3 Å². The number of aliphatic carboxylic acids is 4. The van der Waals surface area contributed by atoms with E-state index in [9.17, 15) is 66.0 Å². The molecule has 0 heterocycles. The van der Waals surface area contributed by atoms with Crippen LogP contribution in [0.15, 0.2) is 107 Å². The minimum atomic E-state index is -4.87. The molecule has 29 heteroatoms. The van der Waals surface area contributed by atoms with Crippen molar-refractivity contribution in [2.24, 2.45) is 38.8 Å². The van der Waals surface area contributed by atoms with Crippen molar-refractivity contribution in [3.63, 3.8) is 0 Å². The predicted molar refractivity (Wildman–Crippen MR) is 252 cm³/mol. The van der Waals surface area contributed by atoms with E-state index in [1.165, 1.54) is 97.1 Å². The molecule has 0 amide bonds. The number of hydrogen-bond acceptors (Lipinski definition) is 15. The molecule has 0 radical (unpaired) electrons. The number of carbonyl (C=O) groups is 6. The zero-order chi connectivity index (χ0) is 53.0. The smallest absolute Gasteiger partial charge is 0.343 e. The third-order valence-corrected chi connectivity index (χ3v) is 13.6. The van der Waals surface area contributed by atoms with E-state index in [1.807, 2.05) is 0 Å². The van der Waals surface area contributed by atoms with Gasteiger partial charge in [0.15, 0.2) is 11.9 Å². The van der Waals surface area contributed by atoms with Gasteiger partial charge < -0.3 is 57.6 Å². The molecule has 0 spiro atoms. The molecule has 4 aromatic carbocycles. The highest BCUT2D eigenvalue weighted by Gasteiger charge is 2.70. The van der Waals surface area contributed by atoms with Crippen LogP contribution in [0.25, 0.3) is 0 Å². The van der Waals surface area contributed by atoms with E-state index in [2.05, 4.69) is 19.4 Å². The molecule has 0 aromatic heterocycles. The molecule has 384 valence electrons. The van der Waals surface area contributed by atoms with Gasteiger partial charge in [-0.3, -0.25) is 19.2 Å². The van der Waals surface area contributed by atoms with Crippen LogP contribution in [0.2, 0.25) is 0 Å². The van der Waals surface area contributed by atoms with Crippen LogP contribution in [0, 0.1) is 5.92 Å². The van der Waals surface area contributed by atoms with Gasteiger partial charge in [-0.25, -0.2) is 19.6 Å². The van der Waals surface area contributed by atoms with Gasteiger partial charge in [0.25, 0.3) is 20.4 Å². The third-order valence-electron chi connectivity index (χ3n) is 10.4. The van der Waals surface area contributed by atoms with Crippen LogP contribution in [0.3, 0.4) is 0 Å². The van der Waals surface area contributed by atoms with Crippen molar-refractivity contribution in [1.82, 2.24) is 18.1 Å². The summed E-state index contributed by atoms with van der Waals surface area (Å²) in [6.45, 7) is -3.98. The highest BCUT2D eigenvalue weighted by molar-refractivity contribution is 7.87. The van der Waals surface area contributed by atoms with E-state index in [1.54, 1.807) is 0 Å². The first-order chi connectivity index (χ1) is 33.9. The molecular formula is C43H48N10O17S2. The van der Waals surface area contributed by atoms with Gasteiger partial charge in [0, 0.05) is 26.2 Å². The molecule has 1 saturated carbocycles. The number of nitrogens with one attached hydrogen (secondary N) is 2. The average Bonchev–Trinajstić information content (AvgIpc) is 4.07. The van der Waals surface area contributed by atoms with Crippen LogP contribution >= 0.6 is 0 Å². The number of hydrogen-bond donors (Lipinski definition) is 10. The largest absolute Gasteiger partial charge is 0.481 e. The third kappa shape index (κ3) is 14.7. The van der Waals surface area contributed by atoms with Crippen LogP contribution in [0.4, 0.5) is 11.4 Å². The van der Waals surface area contributed by atoms with Gasteiger partial charge in [-0.15, -0.1) is 0 Å². The van der Waals surface area contributed by atoms with E-state index >= 15 is 0 Å². The first-order valence-electron chi connectivity index (χ1n) is 21.0. The topological polar surface area (TPSA) is 439 Å². The fourth-order valence-electron chi connectivity index (χ4n) is 6.86. The molecule has 0 aliphatic heterocycles. The van der Waals surface area contributed by atoms with Crippen molar-refractivity contribution < 1.29 is 80.2 Å². The molecule has 3 atom stereocenters.